The topological polar surface area (TPSA) is 85.4 Å². The number of alkyl halides is 3. The largest absolute Gasteiger partial charge is 0.480 e. The lowest BCUT2D eigenvalue weighted by Gasteiger charge is -2.26. The first-order chi connectivity index (χ1) is 18.8. The van der Waals surface area contributed by atoms with Crippen LogP contribution in [0.15, 0.2) is 72.9 Å². The summed E-state index contributed by atoms with van der Waals surface area (Å²) < 4.78 is 45.7. The highest BCUT2D eigenvalue weighted by atomic mass is 35.5. The molecule has 1 aromatic heterocycles. The molecule has 3 rings (SSSR count). The Hall–Kier alpha value is -3.43. The molecule has 0 radical (unpaired) electrons. The maximum atomic E-state index is 13.6. The second kappa shape index (κ2) is 13.8. The first-order valence-corrected chi connectivity index (χ1v) is 13.1. The van der Waals surface area contributed by atoms with E-state index in [1.807, 2.05) is 0 Å². The van der Waals surface area contributed by atoms with E-state index in [0.29, 0.717) is 11.3 Å². The van der Waals surface area contributed by atoms with E-state index in [-0.39, 0.29) is 22.2 Å². The number of hydrogen-bond donors (Lipinski definition) is 1. The Morgan fingerprint density at radius 1 is 0.950 bits per heavy atom. The molecule has 3 atom stereocenters. The molecule has 3 aromatic rings. The SMILES string of the molecule is CC(C)[C@H](CC(=O)[C@@H](NC(=O)[C@H](Cc1ccccn1)Oc1cc(Cl)cc(Cl)c1)c1ccccc1)C(=O)C(F)(F)F. The van der Waals surface area contributed by atoms with Gasteiger partial charge < -0.3 is 10.1 Å². The van der Waals surface area contributed by atoms with Crippen molar-refractivity contribution >= 4 is 40.7 Å². The number of amides is 1. The second-order valence-corrected chi connectivity index (χ2v) is 10.3. The number of nitrogens with zero attached hydrogens (tertiary/aromatic N) is 1. The number of ether oxygens (including phenoxy) is 1. The zero-order valence-electron chi connectivity index (χ0n) is 21.6. The zero-order valence-corrected chi connectivity index (χ0v) is 23.1. The number of halogens is 5. The van der Waals surface area contributed by atoms with Crippen molar-refractivity contribution in [2.24, 2.45) is 11.8 Å². The third-order valence-electron chi connectivity index (χ3n) is 6.11. The zero-order chi connectivity index (χ0) is 29.4. The van der Waals surface area contributed by atoms with E-state index in [4.69, 9.17) is 27.9 Å². The van der Waals surface area contributed by atoms with E-state index >= 15 is 0 Å². The molecule has 11 heteroatoms. The third-order valence-corrected chi connectivity index (χ3v) is 6.55. The van der Waals surface area contributed by atoms with E-state index in [9.17, 15) is 27.6 Å². The predicted molar refractivity (Wildman–Crippen MR) is 145 cm³/mol. The first kappa shape index (κ1) is 31.1. The Labute approximate surface area is 239 Å². The number of ketones is 2. The molecule has 0 saturated heterocycles. The third kappa shape index (κ3) is 8.79. The van der Waals surface area contributed by atoms with Crippen LogP contribution in [0.3, 0.4) is 0 Å². The number of pyridine rings is 1. The molecule has 1 N–H and O–H groups in total. The van der Waals surface area contributed by atoms with Crippen molar-refractivity contribution in [3.05, 3.63) is 94.2 Å². The van der Waals surface area contributed by atoms with Crippen LogP contribution in [0, 0.1) is 11.8 Å². The van der Waals surface area contributed by atoms with Crippen LogP contribution in [-0.4, -0.2) is 34.7 Å². The van der Waals surface area contributed by atoms with Crippen molar-refractivity contribution in [2.45, 2.75) is 45.0 Å². The van der Waals surface area contributed by atoms with Gasteiger partial charge >= 0.3 is 6.18 Å². The van der Waals surface area contributed by atoms with Crippen LogP contribution in [0.2, 0.25) is 10.0 Å². The molecule has 0 spiro atoms. The summed E-state index contributed by atoms with van der Waals surface area (Å²) in [4.78, 5) is 43.3. The molecule has 0 aliphatic heterocycles. The highest BCUT2D eigenvalue weighted by molar-refractivity contribution is 6.34. The van der Waals surface area contributed by atoms with Gasteiger partial charge in [0.1, 0.15) is 11.8 Å². The standard InChI is InChI=1S/C29H27Cl2F3N2O4/c1-17(2)23(27(38)29(32,33)34)16-24(37)26(18-8-4-3-5-9-18)36-28(39)25(15-21-10-6-7-11-35-21)40-22-13-19(30)12-20(31)14-22/h3-14,17,23,25-26H,15-16H2,1-2H3,(H,36,39)/t23-,25-,26-/m0/s1. The van der Waals surface area contributed by atoms with Gasteiger partial charge in [-0.1, -0.05) is 73.4 Å². The Balaban J connectivity index is 1.92. The number of Topliss-reactive ketones (excluding diaryl/α,β-unsaturated/α-hetero) is 2. The number of nitrogens with one attached hydrogen (secondary N) is 1. The van der Waals surface area contributed by atoms with E-state index in [1.165, 1.54) is 32.0 Å². The molecule has 0 unspecified atom stereocenters. The molecule has 6 nitrogen and oxygen atoms in total. The highest BCUT2D eigenvalue weighted by Gasteiger charge is 2.45. The average Bonchev–Trinajstić information content (AvgIpc) is 2.89. The fourth-order valence-corrected chi connectivity index (χ4v) is 4.57. The molecule has 0 aliphatic carbocycles. The van der Waals surface area contributed by atoms with Gasteiger partial charge in [-0.05, 0) is 41.8 Å². The summed E-state index contributed by atoms with van der Waals surface area (Å²) in [5.41, 5.74) is 0.846. The minimum Gasteiger partial charge on any atom is -0.480 e. The van der Waals surface area contributed by atoms with Crippen molar-refractivity contribution in [1.29, 1.82) is 0 Å². The van der Waals surface area contributed by atoms with Crippen molar-refractivity contribution in [2.75, 3.05) is 0 Å². The summed E-state index contributed by atoms with van der Waals surface area (Å²) in [5.74, 6) is -5.65. The number of hydrogen-bond acceptors (Lipinski definition) is 5. The Bertz CT molecular complexity index is 1300. The minimum atomic E-state index is -5.10. The van der Waals surface area contributed by atoms with E-state index < -0.39 is 54.1 Å². The Morgan fingerprint density at radius 2 is 1.57 bits per heavy atom. The Kier molecular flexibility index (Phi) is 10.7. The molecular formula is C29H27Cl2F3N2O4. The molecule has 0 saturated carbocycles. The van der Waals surface area contributed by atoms with Crippen LogP contribution in [0.1, 0.15) is 37.6 Å². The predicted octanol–water partition coefficient (Wildman–Crippen LogP) is 6.60. The van der Waals surface area contributed by atoms with Gasteiger partial charge in [-0.2, -0.15) is 13.2 Å². The van der Waals surface area contributed by atoms with Crippen LogP contribution in [0.4, 0.5) is 13.2 Å². The van der Waals surface area contributed by atoms with Crippen LogP contribution < -0.4 is 10.1 Å². The van der Waals surface area contributed by atoms with Crippen LogP contribution in [0.5, 0.6) is 5.75 Å². The molecule has 212 valence electrons. The second-order valence-electron chi connectivity index (χ2n) is 9.47. The highest BCUT2D eigenvalue weighted by Crippen LogP contribution is 2.30. The maximum absolute atomic E-state index is 13.6. The van der Waals surface area contributed by atoms with E-state index in [1.54, 1.807) is 54.7 Å². The molecule has 0 fully saturated rings. The van der Waals surface area contributed by atoms with Gasteiger partial charge in [0, 0.05) is 40.7 Å². The number of aromatic nitrogens is 1. The number of benzene rings is 2. The number of rotatable bonds is 12. The van der Waals surface area contributed by atoms with E-state index in [2.05, 4.69) is 10.3 Å². The monoisotopic (exact) mass is 594 g/mol. The van der Waals surface area contributed by atoms with Gasteiger partial charge in [0.2, 0.25) is 5.78 Å². The van der Waals surface area contributed by atoms with Crippen LogP contribution in [-0.2, 0) is 20.8 Å². The molecule has 1 heterocycles. The molecule has 40 heavy (non-hydrogen) atoms. The molecule has 2 aromatic carbocycles. The lowest BCUT2D eigenvalue weighted by Crippen LogP contribution is -2.45. The van der Waals surface area contributed by atoms with Crippen molar-refractivity contribution in [3.63, 3.8) is 0 Å². The fraction of sp³-hybridized carbons (Fsp3) is 0.310. The average molecular weight is 595 g/mol. The molecule has 0 aliphatic rings. The van der Waals surface area contributed by atoms with Gasteiger partial charge in [0.15, 0.2) is 11.9 Å². The van der Waals surface area contributed by atoms with Crippen molar-refractivity contribution in [3.8, 4) is 5.75 Å². The van der Waals surface area contributed by atoms with Gasteiger partial charge in [-0.25, -0.2) is 0 Å². The molecule has 1 amide bonds. The van der Waals surface area contributed by atoms with Crippen molar-refractivity contribution < 1.29 is 32.3 Å². The van der Waals surface area contributed by atoms with Crippen LogP contribution >= 0.6 is 23.2 Å². The fourth-order valence-electron chi connectivity index (χ4n) is 4.06. The number of carbonyl (C=O) groups excluding carboxylic acids is 3. The van der Waals surface area contributed by atoms with Crippen LogP contribution in [0.25, 0.3) is 0 Å². The minimum absolute atomic E-state index is 0.00627. The summed E-state index contributed by atoms with van der Waals surface area (Å²) in [6.45, 7) is 2.87. The Morgan fingerprint density at radius 3 is 2.12 bits per heavy atom. The summed E-state index contributed by atoms with van der Waals surface area (Å²) in [6.07, 6.45) is -5.50. The maximum Gasteiger partial charge on any atom is 0.450 e. The van der Waals surface area contributed by atoms with E-state index in [0.717, 1.165) is 0 Å². The van der Waals surface area contributed by atoms with Gasteiger partial charge in [0.25, 0.3) is 5.91 Å². The summed E-state index contributed by atoms with van der Waals surface area (Å²) in [7, 11) is 0. The normalized spacial score (nSPS) is 13.8. The number of carbonyl (C=O) groups is 3. The summed E-state index contributed by atoms with van der Waals surface area (Å²) in [5, 5.41) is 3.16. The smallest absolute Gasteiger partial charge is 0.450 e. The summed E-state index contributed by atoms with van der Waals surface area (Å²) >= 11 is 12.2. The van der Waals surface area contributed by atoms with Crippen molar-refractivity contribution in [1.82, 2.24) is 10.3 Å². The van der Waals surface area contributed by atoms with Gasteiger partial charge in [0.05, 0.1) is 0 Å². The quantitative estimate of drug-likeness (QED) is 0.255. The summed E-state index contributed by atoms with van der Waals surface area (Å²) in [6, 6.07) is 16.2. The molecule has 0 bridgehead atoms. The van der Waals surface area contributed by atoms with Gasteiger partial charge in [-0.15, -0.1) is 0 Å². The van der Waals surface area contributed by atoms with Gasteiger partial charge in [-0.3, -0.25) is 19.4 Å². The lowest BCUT2D eigenvalue weighted by atomic mass is 9.84. The first-order valence-electron chi connectivity index (χ1n) is 12.4. The molecular weight excluding hydrogens is 568 g/mol. The lowest BCUT2D eigenvalue weighted by molar-refractivity contribution is -0.177.